The fourth-order valence-electron chi connectivity index (χ4n) is 5.28. The molecule has 0 unspecified atom stereocenters. The van der Waals surface area contributed by atoms with Crippen molar-refractivity contribution in [2.75, 3.05) is 6.61 Å². The van der Waals surface area contributed by atoms with Crippen molar-refractivity contribution in [3.05, 3.63) is 132 Å². The van der Waals surface area contributed by atoms with Gasteiger partial charge in [0.2, 0.25) is 0 Å². The SMILES string of the molecule is Cc1ccccc1-c1cccc2c(CCCOc3cccc4ccccc34)cn(Cc3ccccn3)c12. The average Bonchev–Trinajstić information content (AvgIpc) is 3.29. The molecule has 3 nitrogen and oxygen atoms in total. The highest BCUT2D eigenvalue weighted by atomic mass is 16.5. The van der Waals surface area contributed by atoms with Crippen LogP contribution in [0.1, 0.15) is 23.2 Å². The molecule has 0 aliphatic carbocycles. The van der Waals surface area contributed by atoms with E-state index < -0.39 is 0 Å². The zero-order chi connectivity index (χ0) is 25.0. The summed E-state index contributed by atoms with van der Waals surface area (Å²) in [6, 6.07) is 36.1. The largest absolute Gasteiger partial charge is 0.493 e. The Hall–Kier alpha value is -4.37. The van der Waals surface area contributed by atoms with Crippen LogP contribution in [-0.2, 0) is 13.0 Å². The molecule has 0 aliphatic rings. The highest BCUT2D eigenvalue weighted by molar-refractivity contribution is 5.97. The number of benzene rings is 4. The van der Waals surface area contributed by atoms with Gasteiger partial charge >= 0.3 is 0 Å². The molecule has 0 radical (unpaired) electrons. The summed E-state index contributed by atoms with van der Waals surface area (Å²) in [5, 5.41) is 3.68. The minimum absolute atomic E-state index is 0.679. The second-order valence-corrected chi connectivity index (χ2v) is 9.55. The Balaban J connectivity index is 1.30. The number of para-hydroxylation sites is 1. The number of pyridine rings is 1. The predicted molar refractivity (Wildman–Crippen MR) is 153 cm³/mol. The van der Waals surface area contributed by atoms with E-state index in [1.807, 2.05) is 12.3 Å². The molecule has 6 aromatic rings. The van der Waals surface area contributed by atoms with Crippen molar-refractivity contribution in [3.63, 3.8) is 0 Å². The lowest BCUT2D eigenvalue weighted by Gasteiger charge is -2.12. The lowest BCUT2D eigenvalue weighted by molar-refractivity contribution is 0.315. The van der Waals surface area contributed by atoms with Crippen molar-refractivity contribution in [2.24, 2.45) is 0 Å². The molecular weight excluding hydrogens is 452 g/mol. The first-order chi connectivity index (χ1) is 18.3. The molecule has 6 rings (SSSR count). The van der Waals surface area contributed by atoms with E-state index in [2.05, 4.69) is 120 Å². The van der Waals surface area contributed by atoms with Crippen molar-refractivity contribution >= 4 is 21.7 Å². The van der Waals surface area contributed by atoms with Crippen LogP contribution in [0, 0.1) is 6.92 Å². The van der Waals surface area contributed by atoms with Gasteiger partial charge in [0.1, 0.15) is 5.75 Å². The number of rotatable bonds is 8. The third-order valence-electron chi connectivity index (χ3n) is 7.07. The first-order valence-corrected chi connectivity index (χ1v) is 12.9. The summed E-state index contributed by atoms with van der Waals surface area (Å²) < 4.78 is 8.62. The second-order valence-electron chi connectivity index (χ2n) is 9.55. The van der Waals surface area contributed by atoms with E-state index in [0.29, 0.717) is 6.61 Å². The van der Waals surface area contributed by atoms with Gasteiger partial charge in [-0.1, -0.05) is 84.9 Å². The molecule has 0 saturated carbocycles. The van der Waals surface area contributed by atoms with Crippen LogP contribution in [0.15, 0.2) is 116 Å². The summed E-state index contributed by atoms with van der Waals surface area (Å²) in [4.78, 5) is 4.60. The molecule has 182 valence electrons. The second kappa shape index (κ2) is 10.3. The molecule has 2 heterocycles. The molecule has 0 saturated heterocycles. The van der Waals surface area contributed by atoms with E-state index in [0.717, 1.165) is 30.8 Å². The van der Waals surface area contributed by atoms with E-state index in [1.165, 1.54) is 43.9 Å². The van der Waals surface area contributed by atoms with Crippen molar-refractivity contribution in [3.8, 4) is 16.9 Å². The minimum atomic E-state index is 0.679. The van der Waals surface area contributed by atoms with Crippen LogP contribution in [0.4, 0.5) is 0 Å². The van der Waals surface area contributed by atoms with Gasteiger partial charge in [-0.05, 0) is 60.0 Å². The van der Waals surface area contributed by atoms with E-state index in [-0.39, 0.29) is 0 Å². The number of hydrogen-bond donors (Lipinski definition) is 0. The monoisotopic (exact) mass is 482 g/mol. The maximum absolute atomic E-state index is 6.25. The highest BCUT2D eigenvalue weighted by Gasteiger charge is 2.15. The number of aromatic nitrogens is 2. The topological polar surface area (TPSA) is 27.1 Å². The van der Waals surface area contributed by atoms with Gasteiger partial charge in [0.05, 0.1) is 24.4 Å². The summed E-state index contributed by atoms with van der Waals surface area (Å²) in [6.07, 6.45) is 6.09. The minimum Gasteiger partial charge on any atom is -0.493 e. The van der Waals surface area contributed by atoms with Crippen molar-refractivity contribution in [1.82, 2.24) is 9.55 Å². The summed E-state index contributed by atoms with van der Waals surface area (Å²) in [6.45, 7) is 3.61. The molecule has 0 bridgehead atoms. The quantitative estimate of drug-likeness (QED) is 0.204. The highest BCUT2D eigenvalue weighted by Crippen LogP contribution is 2.34. The summed E-state index contributed by atoms with van der Waals surface area (Å²) in [7, 11) is 0. The molecular formula is C34H30N2O. The number of ether oxygens (including phenoxy) is 1. The molecule has 4 aromatic carbocycles. The fourth-order valence-corrected chi connectivity index (χ4v) is 5.28. The van der Waals surface area contributed by atoms with E-state index >= 15 is 0 Å². The Morgan fingerprint density at radius 2 is 1.49 bits per heavy atom. The van der Waals surface area contributed by atoms with E-state index in [9.17, 15) is 0 Å². The molecule has 0 atom stereocenters. The van der Waals surface area contributed by atoms with Crippen LogP contribution >= 0.6 is 0 Å². The lowest BCUT2D eigenvalue weighted by atomic mass is 9.97. The zero-order valence-electron chi connectivity index (χ0n) is 21.1. The third-order valence-corrected chi connectivity index (χ3v) is 7.07. The summed E-state index contributed by atoms with van der Waals surface area (Å²) in [5.41, 5.74) is 7.51. The van der Waals surface area contributed by atoms with Crippen molar-refractivity contribution in [1.29, 1.82) is 0 Å². The van der Waals surface area contributed by atoms with Crippen LogP contribution in [-0.4, -0.2) is 16.2 Å². The normalized spacial score (nSPS) is 11.3. The van der Waals surface area contributed by atoms with Crippen LogP contribution in [0.3, 0.4) is 0 Å². The van der Waals surface area contributed by atoms with Gasteiger partial charge in [-0.2, -0.15) is 0 Å². The van der Waals surface area contributed by atoms with E-state index in [4.69, 9.17) is 4.74 Å². The van der Waals surface area contributed by atoms with Crippen molar-refractivity contribution in [2.45, 2.75) is 26.3 Å². The summed E-state index contributed by atoms with van der Waals surface area (Å²) >= 11 is 0. The van der Waals surface area contributed by atoms with Crippen molar-refractivity contribution < 1.29 is 4.74 Å². The average molecular weight is 483 g/mol. The predicted octanol–water partition coefficient (Wildman–Crippen LogP) is 8.22. The number of aryl methyl sites for hydroxylation is 2. The number of fused-ring (bicyclic) bond motifs is 2. The lowest BCUT2D eigenvalue weighted by Crippen LogP contribution is -2.01. The Kier molecular flexibility index (Phi) is 6.43. The first-order valence-electron chi connectivity index (χ1n) is 12.9. The van der Waals surface area contributed by atoms with Gasteiger partial charge in [-0.15, -0.1) is 0 Å². The zero-order valence-corrected chi connectivity index (χ0v) is 21.1. The van der Waals surface area contributed by atoms with Crippen LogP contribution in [0.25, 0.3) is 32.8 Å². The molecule has 0 amide bonds. The standard InChI is InChI=1S/C34H30N2O/c1-25-11-2-4-16-29(25)32-19-9-18-31-27(23-36(34(31)32)24-28-15-6-7-21-35-28)14-10-22-37-33-20-8-13-26-12-3-5-17-30(26)33/h2-9,11-13,15-21,23H,10,14,22,24H2,1H3. The smallest absolute Gasteiger partial charge is 0.127 e. The Labute approximate surface area is 218 Å². The molecule has 3 heteroatoms. The molecule has 2 aromatic heterocycles. The molecule has 0 fully saturated rings. The molecule has 0 spiro atoms. The third kappa shape index (κ3) is 4.73. The van der Waals surface area contributed by atoms with Gasteiger partial charge in [0.25, 0.3) is 0 Å². The Morgan fingerprint density at radius 3 is 2.38 bits per heavy atom. The molecule has 0 N–H and O–H groups in total. The van der Waals surface area contributed by atoms with Gasteiger partial charge in [-0.25, -0.2) is 0 Å². The molecule has 37 heavy (non-hydrogen) atoms. The maximum atomic E-state index is 6.25. The summed E-state index contributed by atoms with van der Waals surface area (Å²) in [5.74, 6) is 0.956. The van der Waals surface area contributed by atoms with E-state index in [1.54, 1.807) is 0 Å². The Morgan fingerprint density at radius 1 is 0.730 bits per heavy atom. The van der Waals surface area contributed by atoms with Gasteiger partial charge in [0, 0.05) is 28.7 Å². The van der Waals surface area contributed by atoms with Gasteiger partial charge < -0.3 is 9.30 Å². The Bertz CT molecular complexity index is 1660. The first kappa shape index (κ1) is 23.1. The molecule has 0 aliphatic heterocycles. The maximum Gasteiger partial charge on any atom is 0.127 e. The fraction of sp³-hybridized carbons (Fsp3) is 0.147. The van der Waals surface area contributed by atoms with Crippen LogP contribution in [0.5, 0.6) is 5.75 Å². The van der Waals surface area contributed by atoms with Gasteiger partial charge in [-0.3, -0.25) is 4.98 Å². The van der Waals surface area contributed by atoms with Crippen LogP contribution < -0.4 is 4.74 Å². The number of nitrogens with zero attached hydrogens (tertiary/aromatic N) is 2. The van der Waals surface area contributed by atoms with Gasteiger partial charge in [0.15, 0.2) is 0 Å². The van der Waals surface area contributed by atoms with Crippen LogP contribution in [0.2, 0.25) is 0 Å². The number of hydrogen-bond acceptors (Lipinski definition) is 2.